The molecule has 110 valence electrons. The van der Waals surface area contributed by atoms with Gasteiger partial charge in [-0.15, -0.1) is 0 Å². The fraction of sp³-hybridized carbons (Fsp3) is 0.0588. The summed E-state index contributed by atoms with van der Waals surface area (Å²) in [6, 6.07) is 14.2. The van der Waals surface area contributed by atoms with E-state index in [1.807, 2.05) is 18.2 Å². The zero-order valence-corrected chi connectivity index (χ0v) is 11.8. The molecule has 0 saturated carbocycles. The molecule has 0 spiro atoms. The third kappa shape index (κ3) is 2.56. The average Bonchev–Trinajstić information content (AvgIpc) is 2.75. The normalized spacial score (nSPS) is 14.4. The summed E-state index contributed by atoms with van der Waals surface area (Å²) in [5, 5.41) is 0. The first kappa shape index (κ1) is 13.9. The van der Waals surface area contributed by atoms with Crippen LogP contribution in [0.1, 0.15) is 11.1 Å². The van der Waals surface area contributed by atoms with E-state index in [4.69, 9.17) is 11.5 Å². The van der Waals surface area contributed by atoms with Crippen molar-refractivity contribution in [3.05, 3.63) is 65.7 Å². The molecule has 0 fully saturated rings. The van der Waals surface area contributed by atoms with Crippen LogP contribution in [0, 0.1) is 0 Å². The molecular weight excluding hydrogens is 278 g/mol. The van der Waals surface area contributed by atoms with Crippen LogP contribution in [0.15, 0.2) is 54.6 Å². The predicted octanol–water partition coefficient (Wildman–Crippen LogP) is 1.80. The zero-order valence-electron chi connectivity index (χ0n) is 11.8. The molecule has 0 radical (unpaired) electrons. The van der Waals surface area contributed by atoms with E-state index >= 15 is 0 Å². The van der Waals surface area contributed by atoms with Crippen molar-refractivity contribution < 1.29 is 9.59 Å². The maximum atomic E-state index is 12.5. The van der Waals surface area contributed by atoms with Gasteiger partial charge in [0.05, 0.1) is 12.1 Å². The minimum absolute atomic E-state index is 0.153. The molecule has 0 atom stereocenters. The lowest BCUT2D eigenvalue weighted by molar-refractivity contribution is -0.137. The highest BCUT2D eigenvalue weighted by Crippen LogP contribution is 2.25. The van der Waals surface area contributed by atoms with Crippen LogP contribution in [0.4, 0.5) is 11.4 Å². The lowest BCUT2D eigenvalue weighted by Gasteiger charge is -2.15. The minimum atomic E-state index is -0.329. The van der Waals surface area contributed by atoms with Crippen LogP contribution in [0.3, 0.4) is 0 Å². The number of carbonyl (C=O) groups excluding carboxylic acids is 2. The standard InChI is InChI=1S/C17H15N3O2/c18-13-6-11(7-14(19)8-13)10-20-16(21)9-15(17(20)22)12-4-2-1-3-5-12/h1-9H,10,18-19H2. The number of benzene rings is 2. The molecule has 1 aliphatic rings. The molecule has 22 heavy (non-hydrogen) atoms. The van der Waals surface area contributed by atoms with Crippen molar-refractivity contribution in [1.29, 1.82) is 0 Å². The van der Waals surface area contributed by atoms with E-state index in [1.165, 1.54) is 11.0 Å². The number of nitrogen functional groups attached to an aromatic ring is 2. The second kappa shape index (κ2) is 5.37. The summed E-state index contributed by atoms with van der Waals surface area (Å²) in [7, 11) is 0. The number of hydrogen-bond donors (Lipinski definition) is 2. The molecule has 2 amide bonds. The number of nitrogens with two attached hydrogens (primary N) is 2. The number of imide groups is 1. The van der Waals surface area contributed by atoms with Gasteiger partial charge in [-0.3, -0.25) is 14.5 Å². The van der Waals surface area contributed by atoms with Crippen molar-refractivity contribution in [2.45, 2.75) is 6.54 Å². The van der Waals surface area contributed by atoms with E-state index in [1.54, 1.807) is 30.3 Å². The molecule has 5 heteroatoms. The molecule has 2 aromatic carbocycles. The van der Waals surface area contributed by atoms with Gasteiger partial charge in [0.15, 0.2) is 0 Å². The number of anilines is 2. The maximum absolute atomic E-state index is 12.5. The summed E-state index contributed by atoms with van der Waals surface area (Å²) in [5.41, 5.74) is 14.4. The van der Waals surface area contributed by atoms with Crippen LogP contribution in [-0.2, 0) is 16.1 Å². The fourth-order valence-electron chi connectivity index (χ4n) is 2.50. The van der Waals surface area contributed by atoms with Crippen molar-refractivity contribution in [2.24, 2.45) is 0 Å². The first-order valence-corrected chi connectivity index (χ1v) is 6.82. The molecule has 0 unspecified atom stereocenters. The highest BCUT2D eigenvalue weighted by atomic mass is 16.2. The Bertz CT molecular complexity index is 761. The van der Waals surface area contributed by atoms with Gasteiger partial charge in [-0.1, -0.05) is 30.3 Å². The van der Waals surface area contributed by atoms with E-state index in [0.717, 1.165) is 11.1 Å². The molecule has 3 rings (SSSR count). The Kier molecular flexibility index (Phi) is 3.39. The summed E-state index contributed by atoms with van der Waals surface area (Å²) in [6.07, 6.45) is 1.37. The van der Waals surface area contributed by atoms with Crippen molar-refractivity contribution in [3.63, 3.8) is 0 Å². The maximum Gasteiger partial charge on any atom is 0.261 e. The summed E-state index contributed by atoms with van der Waals surface area (Å²) in [5.74, 6) is -0.637. The SMILES string of the molecule is Nc1cc(N)cc(CN2C(=O)C=C(c3ccccc3)C2=O)c1. The Hall–Kier alpha value is -3.08. The van der Waals surface area contributed by atoms with E-state index in [9.17, 15) is 9.59 Å². The molecule has 0 saturated heterocycles. The smallest absolute Gasteiger partial charge is 0.261 e. The summed E-state index contributed by atoms with van der Waals surface area (Å²) in [6.45, 7) is 0.153. The van der Waals surface area contributed by atoms with Gasteiger partial charge in [0.1, 0.15) is 0 Å². The Morgan fingerprint density at radius 1 is 0.909 bits per heavy atom. The van der Waals surface area contributed by atoms with Gasteiger partial charge >= 0.3 is 0 Å². The first-order chi connectivity index (χ1) is 10.5. The predicted molar refractivity (Wildman–Crippen MR) is 85.2 cm³/mol. The molecule has 5 nitrogen and oxygen atoms in total. The Morgan fingerprint density at radius 3 is 2.18 bits per heavy atom. The number of nitrogens with zero attached hydrogens (tertiary/aromatic N) is 1. The van der Waals surface area contributed by atoms with Crippen LogP contribution in [0.25, 0.3) is 5.57 Å². The second-order valence-electron chi connectivity index (χ2n) is 5.16. The molecule has 1 heterocycles. The third-order valence-electron chi connectivity index (χ3n) is 3.47. The van der Waals surface area contributed by atoms with Crippen molar-refractivity contribution in [1.82, 2.24) is 4.90 Å². The first-order valence-electron chi connectivity index (χ1n) is 6.82. The van der Waals surface area contributed by atoms with Crippen LogP contribution >= 0.6 is 0 Å². The molecule has 0 bridgehead atoms. The quantitative estimate of drug-likeness (QED) is 0.667. The van der Waals surface area contributed by atoms with Crippen LogP contribution in [0.5, 0.6) is 0 Å². The van der Waals surface area contributed by atoms with Gasteiger partial charge in [-0.05, 0) is 29.3 Å². The van der Waals surface area contributed by atoms with Gasteiger partial charge in [0.2, 0.25) is 0 Å². The summed E-state index contributed by atoms with van der Waals surface area (Å²) < 4.78 is 0. The van der Waals surface area contributed by atoms with Gasteiger partial charge in [0, 0.05) is 17.5 Å². The van der Waals surface area contributed by atoms with Gasteiger partial charge < -0.3 is 11.5 Å². The number of hydrogen-bond acceptors (Lipinski definition) is 4. The highest BCUT2D eigenvalue weighted by molar-refractivity contribution is 6.33. The van der Waals surface area contributed by atoms with E-state index in [-0.39, 0.29) is 18.4 Å². The van der Waals surface area contributed by atoms with E-state index in [2.05, 4.69) is 0 Å². The van der Waals surface area contributed by atoms with Crippen LogP contribution < -0.4 is 11.5 Å². The largest absolute Gasteiger partial charge is 0.399 e. The van der Waals surface area contributed by atoms with Crippen LogP contribution in [-0.4, -0.2) is 16.7 Å². The molecular formula is C17H15N3O2. The second-order valence-corrected chi connectivity index (χ2v) is 5.16. The lowest BCUT2D eigenvalue weighted by atomic mass is 10.1. The van der Waals surface area contributed by atoms with Crippen LogP contribution in [0.2, 0.25) is 0 Å². The summed E-state index contributed by atoms with van der Waals surface area (Å²) in [4.78, 5) is 25.8. The molecule has 0 aromatic heterocycles. The van der Waals surface area contributed by atoms with E-state index in [0.29, 0.717) is 16.9 Å². The zero-order chi connectivity index (χ0) is 15.7. The lowest BCUT2D eigenvalue weighted by Crippen LogP contribution is -2.30. The number of rotatable bonds is 3. The molecule has 2 aromatic rings. The Labute approximate surface area is 127 Å². The molecule has 1 aliphatic heterocycles. The fourth-order valence-corrected chi connectivity index (χ4v) is 2.50. The number of carbonyl (C=O) groups is 2. The van der Waals surface area contributed by atoms with Crippen molar-refractivity contribution in [2.75, 3.05) is 11.5 Å². The van der Waals surface area contributed by atoms with E-state index < -0.39 is 0 Å². The van der Waals surface area contributed by atoms with Crippen molar-refractivity contribution in [3.8, 4) is 0 Å². The third-order valence-corrected chi connectivity index (χ3v) is 3.47. The van der Waals surface area contributed by atoms with Gasteiger partial charge in [-0.25, -0.2) is 0 Å². The Morgan fingerprint density at radius 2 is 1.55 bits per heavy atom. The molecule has 4 N–H and O–H groups in total. The van der Waals surface area contributed by atoms with Gasteiger partial charge in [0.25, 0.3) is 11.8 Å². The Balaban J connectivity index is 1.85. The minimum Gasteiger partial charge on any atom is -0.399 e. The highest BCUT2D eigenvalue weighted by Gasteiger charge is 2.31. The van der Waals surface area contributed by atoms with Gasteiger partial charge in [-0.2, -0.15) is 0 Å². The topological polar surface area (TPSA) is 89.4 Å². The van der Waals surface area contributed by atoms with Crippen molar-refractivity contribution >= 4 is 28.8 Å². The average molecular weight is 293 g/mol. The molecule has 0 aliphatic carbocycles. The monoisotopic (exact) mass is 293 g/mol. The number of amides is 2. The summed E-state index contributed by atoms with van der Waals surface area (Å²) >= 11 is 0.